The van der Waals surface area contributed by atoms with Gasteiger partial charge >= 0.3 is 0 Å². The highest BCUT2D eigenvalue weighted by Crippen LogP contribution is 2.23. The van der Waals surface area contributed by atoms with Gasteiger partial charge in [-0.2, -0.15) is 0 Å². The van der Waals surface area contributed by atoms with Gasteiger partial charge in [0, 0.05) is 38.3 Å². The Hall–Kier alpha value is -1.68. The number of rotatable bonds is 5. The summed E-state index contributed by atoms with van der Waals surface area (Å²) in [4.78, 5) is 21.6. The first-order valence-electron chi connectivity index (χ1n) is 9.78. The molecule has 136 valence electrons. The van der Waals surface area contributed by atoms with Gasteiger partial charge in [0.15, 0.2) is 0 Å². The zero-order valence-corrected chi connectivity index (χ0v) is 15.5. The van der Waals surface area contributed by atoms with Crippen LogP contribution in [0, 0.1) is 0 Å². The number of aromatic nitrogens is 1. The second kappa shape index (κ2) is 9.14. The Morgan fingerprint density at radius 1 is 1.24 bits per heavy atom. The van der Waals surface area contributed by atoms with Crippen molar-refractivity contribution in [2.24, 2.45) is 0 Å². The lowest BCUT2D eigenvalue weighted by molar-refractivity contribution is -0.130. The highest BCUT2D eigenvalue weighted by Gasteiger charge is 2.23. The minimum Gasteiger partial charge on any atom is -0.342 e. The van der Waals surface area contributed by atoms with Crippen LogP contribution in [0.15, 0.2) is 36.0 Å². The summed E-state index contributed by atoms with van der Waals surface area (Å²) in [5.74, 6) is 0.334. The van der Waals surface area contributed by atoms with Crippen molar-refractivity contribution < 1.29 is 4.79 Å². The first-order valence-corrected chi connectivity index (χ1v) is 9.78. The Kier molecular flexibility index (Phi) is 6.62. The molecule has 4 nitrogen and oxygen atoms in total. The fourth-order valence-electron chi connectivity index (χ4n) is 4.02. The summed E-state index contributed by atoms with van der Waals surface area (Å²) in [5, 5.41) is 0. The van der Waals surface area contributed by atoms with Gasteiger partial charge in [0.25, 0.3) is 0 Å². The lowest BCUT2D eigenvalue weighted by Gasteiger charge is -2.27. The molecule has 1 aliphatic heterocycles. The van der Waals surface area contributed by atoms with Gasteiger partial charge < -0.3 is 4.90 Å². The lowest BCUT2D eigenvalue weighted by Crippen LogP contribution is -2.35. The van der Waals surface area contributed by atoms with Gasteiger partial charge in [-0.3, -0.25) is 14.7 Å². The highest BCUT2D eigenvalue weighted by molar-refractivity contribution is 5.78. The molecule has 1 aliphatic carbocycles. The molecular weight excluding hydrogens is 310 g/mol. The van der Waals surface area contributed by atoms with E-state index < -0.39 is 0 Å². The number of allylic oxidation sites excluding steroid dienone is 1. The molecule has 4 heteroatoms. The third-order valence-corrected chi connectivity index (χ3v) is 5.57. The molecular formula is C21H31N3O. The van der Waals surface area contributed by atoms with Gasteiger partial charge in [-0.25, -0.2) is 0 Å². The summed E-state index contributed by atoms with van der Waals surface area (Å²) in [6, 6.07) is 6.62. The van der Waals surface area contributed by atoms with E-state index in [9.17, 15) is 4.79 Å². The summed E-state index contributed by atoms with van der Waals surface area (Å²) in [6.45, 7) is 2.69. The van der Waals surface area contributed by atoms with E-state index in [2.05, 4.69) is 34.0 Å². The zero-order chi connectivity index (χ0) is 17.5. The van der Waals surface area contributed by atoms with Gasteiger partial charge in [0.1, 0.15) is 0 Å². The van der Waals surface area contributed by atoms with Crippen molar-refractivity contribution in [1.29, 1.82) is 0 Å². The maximum atomic E-state index is 12.6. The van der Waals surface area contributed by atoms with Crippen LogP contribution >= 0.6 is 0 Å². The largest absolute Gasteiger partial charge is 0.342 e. The number of amides is 1. The number of carbonyl (C=O) groups excluding carboxylic acids is 1. The molecule has 0 N–H and O–H groups in total. The lowest BCUT2D eigenvalue weighted by atomic mass is 9.97. The summed E-state index contributed by atoms with van der Waals surface area (Å²) in [7, 11) is 2.18. The maximum absolute atomic E-state index is 12.6. The highest BCUT2D eigenvalue weighted by atomic mass is 16.2. The van der Waals surface area contributed by atoms with Crippen LogP contribution in [-0.4, -0.2) is 46.9 Å². The van der Waals surface area contributed by atoms with Crippen molar-refractivity contribution in [3.8, 4) is 0 Å². The van der Waals surface area contributed by atoms with Gasteiger partial charge in [-0.1, -0.05) is 17.7 Å². The third-order valence-electron chi connectivity index (χ3n) is 5.57. The molecule has 0 saturated carbocycles. The predicted molar refractivity (Wildman–Crippen MR) is 101 cm³/mol. The molecule has 0 bridgehead atoms. The Bertz CT molecular complexity index is 584. The smallest absolute Gasteiger partial charge is 0.226 e. The van der Waals surface area contributed by atoms with E-state index in [4.69, 9.17) is 0 Å². The Morgan fingerprint density at radius 3 is 2.92 bits per heavy atom. The van der Waals surface area contributed by atoms with Crippen molar-refractivity contribution in [2.75, 3.05) is 20.1 Å². The van der Waals surface area contributed by atoms with Gasteiger partial charge in [-0.15, -0.1) is 0 Å². The molecule has 25 heavy (non-hydrogen) atoms. The van der Waals surface area contributed by atoms with Crippen molar-refractivity contribution in [3.63, 3.8) is 0 Å². The van der Waals surface area contributed by atoms with Crippen molar-refractivity contribution in [1.82, 2.24) is 14.8 Å². The fraction of sp³-hybridized carbons (Fsp3) is 0.619. The number of hydrogen-bond acceptors (Lipinski definition) is 3. The molecule has 1 aromatic rings. The third kappa shape index (κ3) is 5.40. The maximum Gasteiger partial charge on any atom is 0.226 e. The van der Waals surface area contributed by atoms with Crippen LogP contribution in [0.1, 0.15) is 57.1 Å². The topological polar surface area (TPSA) is 36.4 Å². The van der Waals surface area contributed by atoms with Crippen molar-refractivity contribution in [2.45, 2.75) is 64.0 Å². The standard InChI is InChI=1S/C21H31N3O/c1-23(17-19-10-5-6-13-22-19)20-11-7-14-24(15-12-20)21(25)16-18-8-3-2-4-9-18/h5-6,8,10,13,20H,2-4,7,9,11-12,14-17H2,1H3/t20-/m0/s1. The van der Waals surface area contributed by atoms with Crippen molar-refractivity contribution in [3.05, 3.63) is 41.7 Å². The number of carbonyl (C=O) groups is 1. The van der Waals surface area contributed by atoms with Crippen LogP contribution in [0.5, 0.6) is 0 Å². The molecule has 2 heterocycles. The summed E-state index contributed by atoms with van der Waals surface area (Å²) >= 11 is 0. The Balaban J connectivity index is 1.49. The van der Waals surface area contributed by atoms with Crippen LogP contribution in [0.2, 0.25) is 0 Å². The summed E-state index contributed by atoms with van der Waals surface area (Å²) in [6.07, 6.45) is 12.9. The van der Waals surface area contributed by atoms with Crippen LogP contribution in [0.4, 0.5) is 0 Å². The van der Waals surface area contributed by atoms with Crippen LogP contribution in [-0.2, 0) is 11.3 Å². The van der Waals surface area contributed by atoms with E-state index in [0.717, 1.165) is 57.4 Å². The molecule has 0 spiro atoms. The average molecular weight is 341 g/mol. The number of nitrogens with zero attached hydrogens (tertiary/aromatic N) is 3. The van der Waals surface area contributed by atoms with Crippen LogP contribution in [0.3, 0.4) is 0 Å². The molecule has 1 amide bonds. The molecule has 0 radical (unpaired) electrons. The van der Waals surface area contributed by atoms with E-state index in [1.807, 2.05) is 18.3 Å². The molecule has 3 rings (SSSR count). The van der Waals surface area contributed by atoms with Crippen molar-refractivity contribution >= 4 is 5.91 Å². The van der Waals surface area contributed by atoms with Gasteiger partial charge in [0.2, 0.25) is 5.91 Å². The fourth-order valence-corrected chi connectivity index (χ4v) is 4.02. The van der Waals surface area contributed by atoms with Crippen LogP contribution < -0.4 is 0 Å². The van der Waals surface area contributed by atoms with E-state index >= 15 is 0 Å². The normalized spacial score (nSPS) is 21.8. The molecule has 1 saturated heterocycles. The Morgan fingerprint density at radius 2 is 2.16 bits per heavy atom. The molecule has 1 fully saturated rings. The Labute approximate surface area is 151 Å². The number of pyridine rings is 1. The van der Waals surface area contributed by atoms with Gasteiger partial charge in [0.05, 0.1) is 5.69 Å². The quantitative estimate of drug-likeness (QED) is 0.765. The number of hydrogen-bond donors (Lipinski definition) is 0. The second-order valence-electron chi connectivity index (χ2n) is 7.49. The molecule has 2 aliphatic rings. The predicted octanol–water partition coefficient (Wildman–Crippen LogP) is 3.79. The number of likely N-dealkylation sites (tertiary alicyclic amines) is 1. The van der Waals surface area contributed by atoms with Gasteiger partial charge in [-0.05, 0) is 64.1 Å². The average Bonchev–Trinajstić information content (AvgIpc) is 2.90. The van der Waals surface area contributed by atoms with E-state index in [1.54, 1.807) is 0 Å². The minimum atomic E-state index is 0.334. The monoisotopic (exact) mass is 341 g/mol. The summed E-state index contributed by atoms with van der Waals surface area (Å²) in [5.41, 5.74) is 2.48. The van der Waals surface area contributed by atoms with E-state index in [1.165, 1.54) is 18.4 Å². The SMILES string of the molecule is CN(Cc1ccccn1)[C@H]1CCCN(C(=O)CC2=CCCCC2)CC1. The van der Waals surface area contributed by atoms with Crippen LogP contribution in [0.25, 0.3) is 0 Å². The molecule has 1 aromatic heterocycles. The van der Waals surface area contributed by atoms with E-state index in [0.29, 0.717) is 18.4 Å². The first kappa shape index (κ1) is 18.1. The molecule has 0 aromatic carbocycles. The van der Waals surface area contributed by atoms with E-state index in [-0.39, 0.29) is 0 Å². The summed E-state index contributed by atoms with van der Waals surface area (Å²) < 4.78 is 0. The zero-order valence-electron chi connectivity index (χ0n) is 15.5. The minimum absolute atomic E-state index is 0.334. The second-order valence-corrected chi connectivity index (χ2v) is 7.49. The first-order chi connectivity index (χ1) is 12.2. The molecule has 1 atom stereocenters. The molecule has 0 unspecified atom stereocenters.